The molecule has 1 unspecified atom stereocenters. The van der Waals surface area contributed by atoms with Gasteiger partial charge < -0.3 is 24.4 Å². The smallest absolute Gasteiger partial charge is 0.379 e. The van der Waals surface area contributed by atoms with E-state index in [1.54, 1.807) is 18.2 Å². The minimum Gasteiger partial charge on any atom is -0.493 e. The maximum atomic E-state index is 13.2. The van der Waals surface area contributed by atoms with E-state index in [4.69, 9.17) is 24.4 Å². The molecule has 7 heteroatoms. The molecular weight excluding hydrogens is 504 g/mol. The quantitative estimate of drug-likeness (QED) is 0.142. The first-order valence-electron chi connectivity index (χ1n) is 13.5. The summed E-state index contributed by atoms with van der Waals surface area (Å²) in [6.45, 7) is 8.53. The number of aryl methyl sites for hydroxylation is 3. The minimum atomic E-state index is -0.606. The molecule has 40 heavy (non-hydrogen) atoms. The van der Waals surface area contributed by atoms with Gasteiger partial charge in [-0.3, -0.25) is 0 Å². The van der Waals surface area contributed by atoms with Crippen LogP contribution >= 0.6 is 0 Å². The van der Waals surface area contributed by atoms with E-state index in [-0.39, 0.29) is 17.4 Å². The van der Waals surface area contributed by atoms with E-state index in [1.165, 1.54) is 0 Å². The Hall–Kier alpha value is -4.70. The zero-order valence-electron chi connectivity index (χ0n) is 23.2. The Bertz CT molecular complexity index is 1670. The van der Waals surface area contributed by atoms with E-state index in [0.29, 0.717) is 29.3 Å². The minimum absolute atomic E-state index is 0.00300. The Balaban J connectivity index is 1.47. The number of para-hydroxylation sites is 1. The van der Waals surface area contributed by atoms with Gasteiger partial charge in [0.2, 0.25) is 11.6 Å². The number of carbonyl (C=O) groups is 1. The zero-order valence-corrected chi connectivity index (χ0v) is 23.2. The molecule has 1 aliphatic rings. The van der Waals surface area contributed by atoms with Crippen molar-refractivity contribution in [3.05, 3.63) is 99.6 Å². The molecule has 1 atom stereocenters. The predicted molar refractivity (Wildman–Crippen MR) is 153 cm³/mol. The molecule has 0 saturated carbocycles. The summed E-state index contributed by atoms with van der Waals surface area (Å²) >= 11 is 0. The third-order valence-corrected chi connectivity index (χ3v) is 7.45. The van der Waals surface area contributed by atoms with Gasteiger partial charge in [-0.05, 0) is 50.5 Å². The molecule has 0 fully saturated rings. The number of hydrogen-bond acceptors (Lipinski definition) is 7. The van der Waals surface area contributed by atoms with E-state index < -0.39 is 11.9 Å². The number of allylic oxidation sites excluding steroid dienone is 1. The van der Waals surface area contributed by atoms with Gasteiger partial charge in [0.25, 0.3) is 0 Å². The highest BCUT2D eigenvalue weighted by molar-refractivity contribution is 5.98. The fourth-order valence-electron chi connectivity index (χ4n) is 5.07. The molecule has 1 aromatic heterocycles. The van der Waals surface area contributed by atoms with Crippen LogP contribution in [0.3, 0.4) is 0 Å². The van der Waals surface area contributed by atoms with Crippen LogP contribution in [0.2, 0.25) is 0 Å². The molecule has 0 saturated heterocycles. The fraction of sp³-hybridized carbons (Fsp3) is 0.273. The molecule has 2 N–H and O–H groups in total. The van der Waals surface area contributed by atoms with Gasteiger partial charge in [-0.25, -0.2) is 4.79 Å². The van der Waals surface area contributed by atoms with Crippen molar-refractivity contribution in [3.8, 4) is 23.3 Å². The molecule has 0 bridgehead atoms. The molecule has 0 radical (unpaired) electrons. The largest absolute Gasteiger partial charge is 0.493 e. The summed E-state index contributed by atoms with van der Waals surface area (Å²) in [5.41, 5.74) is 11.5. The standard InChI is InChI=1S/C33H32N2O5/c1-5-6-9-16-37-27-11-8-7-10-24(27)29-25-15-13-22(17-28(25)39-32(35)26(29)18-34)38-33(36)31-21(4)23-14-12-19(2)20(3)30(23)40-31/h7-8,10-15,17,29H,5-6,9,16,35H2,1-4H3. The number of esters is 1. The Labute approximate surface area is 233 Å². The lowest BCUT2D eigenvalue weighted by molar-refractivity contribution is 0.0702. The van der Waals surface area contributed by atoms with Gasteiger partial charge >= 0.3 is 5.97 Å². The molecule has 4 aromatic rings. The van der Waals surface area contributed by atoms with E-state index in [1.807, 2.05) is 57.2 Å². The summed E-state index contributed by atoms with van der Waals surface area (Å²) in [5.74, 6) is 0.421. The number of unbranched alkanes of at least 4 members (excludes halogenated alkanes) is 2. The summed E-state index contributed by atoms with van der Waals surface area (Å²) in [4.78, 5) is 13.2. The topological polar surface area (TPSA) is 108 Å². The van der Waals surface area contributed by atoms with Crippen LogP contribution in [0.15, 0.2) is 70.5 Å². The van der Waals surface area contributed by atoms with Crippen LogP contribution in [-0.4, -0.2) is 12.6 Å². The number of ether oxygens (including phenoxy) is 3. The second-order valence-corrected chi connectivity index (χ2v) is 10.0. The molecule has 7 nitrogen and oxygen atoms in total. The van der Waals surface area contributed by atoms with Crippen molar-refractivity contribution in [2.24, 2.45) is 5.73 Å². The molecule has 3 aromatic carbocycles. The van der Waals surface area contributed by atoms with Crippen LogP contribution in [-0.2, 0) is 0 Å². The Kier molecular flexibility index (Phi) is 7.52. The average molecular weight is 537 g/mol. The Morgan fingerprint density at radius 1 is 1.02 bits per heavy atom. The van der Waals surface area contributed by atoms with Crippen LogP contribution < -0.4 is 19.9 Å². The van der Waals surface area contributed by atoms with E-state index in [0.717, 1.165) is 52.5 Å². The summed E-state index contributed by atoms with van der Waals surface area (Å²) in [7, 11) is 0. The third-order valence-electron chi connectivity index (χ3n) is 7.45. The molecule has 0 aliphatic carbocycles. The molecule has 5 rings (SSSR count). The molecular formula is C33H32N2O5. The van der Waals surface area contributed by atoms with Gasteiger partial charge in [0.1, 0.15) is 34.5 Å². The Morgan fingerprint density at radius 2 is 1.82 bits per heavy atom. The number of hydrogen-bond donors (Lipinski definition) is 1. The molecule has 2 heterocycles. The summed E-state index contributed by atoms with van der Waals surface area (Å²) in [5, 5.41) is 10.9. The first kappa shape index (κ1) is 26.9. The van der Waals surface area contributed by atoms with Gasteiger partial charge in [0.15, 0.2) is 0 Å². The monoisotopic (exact) mass is 536 g/mol. The van der Waals surface area contributed by atoms with E-state index in [9.17, 15) is 10.1 Å². The lowest BCUT2D eigenvalue weighted by Gasteiger charge is -2.28. The number of rotatable bonds is 8. The number of furan rings is 1. The van der Waals surface area contributed by atoms with Gasteiger partial charge in [0, 0.05) is 28.1 Å². The van der Waals surface area contributed by atoms with Crippen LogP contribution in [0, 0.1) is 32.1 Å². The van der Waals surface area contributed by atoms with Crippen LogP contribution in [0.1, 0.15) is 70.5 Å². The van der Waals surface area contributed by atoms with Crippen molar-refractivity contribution >= 4 is 16.9 Å². The van der Waals surface area contributed by atoms with Crippen LogP contribution in [0.25, 0.3) is 11.0 Å². The highest BCUT2D eigenvalue weighted by atomic mass is 16.5. The van der Waals surface area contributed by atoms with Crippen LogP contribution in [0.4, 0.5) is 0 Å². The molecule has 0 amide bonds. The van der Waals surface area contributed by atoms with E-state index in [2.05, 4.69) is 13.0 Å². The van der Waals surface area contributed by atoms with Crippen LogP contribution in [0.5, 0.6) is 17.2 Å². The lowest BCUT2D eigenvalue weighted by Crippen LogP contribution is -2.21. The highest BCUT2D eigenvalue weighted by Crippen LogP contribution is 2.46. The maximum Gasteiger partial charge on any atom is 0.379 e. The third kappa shape index (κ3) is 4.89. The number of nitrogens with two attached hydrogens (primary N) is 1. The highest BCUT2D eigenvalue weighted by Gasteiger charge is 2.33. The second-order valence-electron chi connectivity index (χ2n) is 10.0. The van der Waals surface area contributed by atoms with Crippen molar-refractivity contribution in [2.45, 2.75) is 52.9 Å². The molecule has 204 valence electrons. The van der Waals surface area contributed by atoms with Gasteiger partial charge in [-0.1, -0.05) is 56.2 Å². The number of fused-ring (bicyclic) bond motifs is 2. The van der Waals surface area contributed by atoms with Gasteiger partial charge in [-0.2, -0.15) is 5.26 Å². The first-order valence-corrected chi connectivity index (χ1v) is 13.5. The number of benzene rings is 3. The SMILES string of the molecule is CCCCCOc1ccccc1C1C(C#N)=C(N)Oc2cc(OC(=O)c3oc4c(C)c(C)ccc4c3C)ccc21. The summed E-state index contributed by atoms with van der Waals surface area (Å²) in [6, 6.07) is 18.9. The Morgan fingerprint density at radius 3 is 2.60 bits per heavy atom. The summed E-state index contributed by atoms with van der Waals surface area (Å²) in [6.07, 6.45) is 3.11. The van der Waals surface area contributed by atoms with Crippen molar-refractivity contribution in [1.29, 1.82) is 5.26 Å². The van der Waals surface area contributed by atoms with Crippen molar-refractivity contribution in [1.82, 2.24) is 0 Å². The zero-order chi connectivity index (χ0) is 28.4. The van der Waals surface area contributed by atoms with Crippen molar-refractivity contribution in [2.75, 3.05) is 6.61 Å². The van der Waals surface area contributed by atoms with Gasteiger partial charge in [0.05, 0.1) is 12.5 Å². The predicted octanol–water partition coefficient (Wildman–Crippen LogP) is 7.36. The van der Waals surface area contributed by atoms with E-state index >= 15 is 0 Å². The van der Waals surface area contributed by atoms with Crippen molar-refractivity contribution in [3.63, 3.8) is 0 Å². The fourth-order valence-corrected chi connectivity index (χ4v) is 5.07. The lowest BCUT2D eigenvalue weighted by atomic mass is 9.83. The van der Waals surface area contributed by atoms with Crippen molar-refractivity contribution < 1.29 is 23.4 Å². The summed E-state index contributed by atoms with van der Waals surface area (Å²) < 4.78 is 23.6. The molecule has 1 aliphatic heterocycles. The number of nitriles is 1. The first-order chi connectivity index (χ1) is 19.3. The average Bonchev–Trinajstić information content (AvgIpc) is 3.29. The second kappa shape index (κ2) is 11.2. The normalized spacial score (nSPS) is 14.4. The molecule has 0 spiro atoms. The maximum absolute atomic E-state index is 13.2. The number of carbonyl (C=O) groups excluding carboxylic acids is 1. The van der Waals surface area contributed by atoms with Gasteiger partial charge in [-0.15, -0.1) is 0 Å². The number of nitrogens with zero attached hydrogens (tertiary/aromatic N) is 1.